The van der Waals surface area contributed by atoms with Crippen molar-refractivity contribution in [1.29, 1.82) is 0 Å². The molecular formula is C108H132O8. The van der Waals surface area contributed by atoms with Gasteiger partial charge in [-0.2, -0.15) is 0 Å². The highest BCUT2D eigenvalue weighted by atomic mass is 16.5. The van der Waals surface area contributed by atoms with Gasteiger partial charge < -0.3 is 37.9 Å². The highest BCUT2D eigenvalue weighted by Crippen LogP contribution is 2.36. The van der Waals surface area contributed by atoms with Crippen LogP contribution in [-0.4, -0.2) is 52.9 Å². The largest absolute Gasteiger partial charge is 0.494 e. The van der Waals surface area contributed by atoms with Crippen molar-refractivity contribution in [2.75, 3.05) is 52.9 Å². The Kier molecular flexibility index (Phi) is 40.8. The summed E-state index contributed by atoms with van der Waals surface area (Å²) >= 11 is 0. The molecule has 0 saturated carbocycles. The summed E-state index contributed by atoms with van der Waals surface area (Å²) in [5, 5.41) is 0. The molecule has 0 saturated heterocycles. The maximum Gasteiger partial charge on any atom is 0.119 e. The van der Waals surface area contributed by atoms with Crippen LogP contribution in [0.25, 0.3) is 46.6 Å². The lowest BCUT2D eigenvalue weighted by Gasteiger charge is -2.13. The van der Waals surface area contributed by atoms with Gasteiger partial charge in [-0.1, -0.05) is 304 Å². The maximum atomic E-state index is 6.05. The van der Waals surface area contributed by atoms with E-state index in [0.717, 1.165) is 239 Å². The lowest BCUT2D eigenvalue weighted by atomic mass is 9.94. The van der Waals surface area contributed by atoms with E-state index in [2.05, 4.69) is 322 Å². The van der Waals surface area contributed by atoms with Gasteiger partial charge in [-0.25, -0.2) is 0 Å². The molecule has 8 heteroatoms. The second-order valence-corrected chi connectivity index (χ2v) is 30.2. The average molecular weight is 1560 g/mol. The number of rotatable bonds is 52. The lowest BCUT2D eigenvalue weighted by molar-refractivity contribution is 0.306. The third kappa shape index (κ3) is 31.6. The predicted octanol–water partition coefficient (Wildman–Crippen LogP) is 30.3. The number of benzene rings is 10. The molecule has 0 unspecified atom stereocenters. The maximum absolute atomic E-state index is 6.05. The Labute approximate surface area is 698 Å². The molecule has 10 rings (SSSR count). The molecule has 0 aromatic heterocycles. The second-order valence-electron chi connectivity index (χ2n) is 30.2. The second kappa shape index (κ2) is 52.9. The lowest BCUT2D eigenvalue weighted by Crippen LogP contribution is -1.98. The molecule has 0 aliphatic carbocycles. The molecule has 0 heterocycles. The van der Waals surface area contributed by atoms with E-state index in [4.69, 9.17) is 37.9 Å². The molecule has 10 aromatic carbocycles. The van der Waals surface area contributed by atoms with Gasteiger partial charge in [0, 0.05) is 0 Å². The number of hydrogen-bond acceptors (Lipinski definition) is 8. The van der Waals surface area contributed by atoms with Gasteiger partial charge in [0.1, 0.15) is 46.0 Å². The van der Waals surface area contributed by atoms with Crippen molar-refractivity contribution in [3.8, 4) is 46.0 Å². The van der Waals surface area contributed by atoms with Gasteiger partial charge >= 0.3 is 0 Å². The molecule has 0 atom stereocenters. The SMILES string of the molecule is CCCCCOc1ccc(C(=Cc2ccc(C=C(c3ccc(OCCCCC)cc3)c3ccc(OCCCCC)cc3)cc2)c2ccc(OCCCCC)cc2)cc1.CCCCCOc1ccc(C(=Cc2ccc(C=C(c3ccc(OCCCCC)cc3)c3ccc(OCCCCC)cc3)cc2)c2ccc(OCCCCC)cc2)cc1. The molecule has 0 amide bonds. The van der Waals surface area contributed by atoms with Crippen LogP contribution in [-0.2, 0) is 0 Å². The van der Waals surface area contributed by atoms with Gasteiger partial charge in [0.2, 0.25) is 0 Å². The molecule has 0 N–H and O–H groups in total. The van der Waals surface area contributed by atoms with Crippen LogP contribution in [0.5, 0.6) is 46.0 Å². The van der Waals surface area contributed by atoms with E-state index < -0.39 is 0 Å². The average Bonchev–Trinajstić information content (AvgIpc) is 0.815. The van der Waals surface area contributed by atoms with Gasteiger partial charge in [0.15, 0.2) is 0 Å². The van der Waals surface area contributed by atoms with Crippen LogP contribution in [0.15, 0.2) is 243 Å². The molecule has 10 aromatic rings. The summed E-state index contributed by atoms with van der Waals surface area (Å²) in [7, 11) is 0. The first-order chi connectivity index (χ1) is 57.2. The highest BCUT2D eigenvalue weighted by molar-refractivity contribution is 5.95. The summed E-state index contributed by atoms with van der Waals surface area (Å²) < 4.78 is 48.4. The van der Waals surface area contributed by atoms with Crippen molar-refractivity contribution in [1.82, 2.24) is 0 Å². The summed E-state index contributed by atoms with van der Waals surface area (Å²) in [5.41, 5.74) is 18.2. The van der Waals surface area contributed by atoms with Gasteiger partial charge in [0.05, 0.1) is 52.9 Å². The zero-order valence-electron chi connectivity index (χ0n) is 71.3. The van der Waals surface area contributed by atoms with E-state index in [1.807, 2.05) is 0 Å². The molecule has 0 bridgehead atoms. The third-order valence-electron chi connectivity index (χ3n) is 20.6. The van der Waals surface area contributed by atoms with Crippen LogP contribution in [0.3, 0.4) is 0 Å². The standard InChI is InChI=1S/2C54H66O4/c2*1-5-9-13-37-55-49-29-21-45(22-30-49)53(46-23-31-50(32-24-46)56-38-14-10-6-2)41-43-17-19-44(20-18-43)42-54(47-25-33-51(34-26-47)57-39-15-11-7-3)48-27-35-52(36-28-48)58-40-16-12-8-4/h2*17-36,41-42H,5-16,37-40H2,1-4H3. The van der Waals surface area contributed by atoms with E-state index in [-0.39, 0.29) is 0 Å². The van der Waals surface area contributed by atoms with Crippen LogP contribution < -0.4 is 37.9 Å². The number of unbranched alkanes of at least 4 members (excludes halogenated alkanes) is 16. The summed E-state index contributed by atoms with van der Waals surface area (Å²) in [4.78, 5) is 0. The van der Waals surface area contributed by atoms with E-state index in [1.54, 1.807) is 0 Å². The predicted molar refractivity (Wildman–Crippen MR) is 492 cm³/mol. The molecule has 612 valence electrons. The Hall–Kier alpha value is -10.4. The topological polar surface area (TPSA) is 73.8 Å². The molecule has 0 fully saturated rings. The van der Waals surface area contributed by atoms with Crippen molar-refractivity contribution >= 4 is 46.6 Å². The normalized spacial score (nSPS) is 10.8. The van der Waals surface area contributed by atoms with Crippen LogP contribution in [0, 0.1) is 0 Å². The summed E-state index contributed by atoms with van der Waals surface area (Å²) in [6.07, 6.45) is 36.6. The minimum absolute atomic E-state index is 0.746. The minimum atomic E-state index is 0.746. The molecule has 0 aliphatic rings. The monoisotopic (exact) mass is 1560 g/mol. The summed E-state index contributed by atoms with van der Waals surface area (Å²) in [6.45, 7) is 23.7. The zero-order chi connectivity index (χ0) is 81.3. The first-order valence-electron chi connectivity index (χ1n) is 44.1. The van der Waals surface area contributed by atoms with Gasteiger partial charge in [-0.15, -0.1) is 0 Å². The summed E-state index contributed by atoms with van der Waals surface area (Å²) in [5.74, 6) is 7.26. The Balaban J connectivity index is 0.000000265. The first-order valence-corrected chi connectivity index (χ1v) is 44.1. The molecule has 0 spiro atoms. The summed E-state index contributed by atoms with van der Waals surface area (Å²) in [6, 6.07) is 85.8. The quantitative estimate of drug-likeness (QED) is 0.0276. The Morgan fingerprint density at radius 2 is 0.267 bits per heavy atom. The molecule has 0 aliphatic heterocycles. The molecule has 8 nitrogen and oxygen atoms in total. The molecular weight excluding hydrogens is 1430 g/mol. The number of hydrogen-bond donors (Lipinski definition) is 0. The van der Waals surface area contributed by atoms with Gasteiger partial charge in [-0.05, 0) is 262 Å². The van der Waals surface area contributed by atoms with Crippen LogP contribution >= 0.6 is 0 Å². The smallest absolute Gasteiger partial charge is 0.119 e. The number of ether oxygens (including phenoxy) is 8. The van der Waals surface area contributed by atoms with Crippen molar-refractivity contribution in [2.24, 2.45) is 0 Å². The zero-order valence-corrected chi connectivity index (χ0v) is 71.3. The van der Waals surface area contributed by atoms with Crippen LogP contribution in [0.2, 0.25) is 0 Å². The van der Waals surface area contributed by atoms with Crippen molar-refractivity contribution in [2.45, 2.75) is 209 Å². The molecule has 116 heavy (non-hydrogen) atoms. The van der Waals surface area contributed by atoms with E-state index in [9.17, 15) is 0 Å². The minimum Gasteiger partial charge on any atom is -0.494 e. The van der Waals surface area contributed by atoms with Crippen LogP contribution in [0.1, 0.15) is 276 Å². The fourth-order valence-corrected chi connectivity index (χ4v) is 13.6. The Bertz CT molecular complexity index is 3610. The van der Waals surface area contributed by atoms with Gasteiger partial charge in [-0.3, -0.25) is 0 Å². The molecule has 0 radical (unpaired) electrons. The fraction of sp³-hybridized carbons (Fsp3) is 0.370. The van der Waals surface area contributed by atoms with Crippen molar-refractivity contribution in [3.63, 3.8) is 0 Å². The van der Waals surface area contributed by atoms with E-state index in [1.165, 1.54) is 103 Å². The first kappa shape index (κ1) is 89.5. The van der Waals surface area contributed by atoms with Crippen molar-refractivity contribution in [3.05, 3.63) is 309 Å². The Morgan fingerprint density at radius 3 is 0.371 bits per heavy atom. The fourth-order valence-electron chi connectivity index (χ4n) is 13.6. The van der Waals surface area contributed by atoms with Crippen LogP contribution in [0.4, 0.5) is 0 Å². The van der Waals surface area contributed by atoms with Gasteiger partial charge in [0.25, 0.3) is 0 Å². The van der Waals surface area contributed by atoms with E-state index in [0.29, 0.717) is 0 Å². The highest BCUT2D eigenvalue weighted by Gasteiger charge is 2.15. The third-order valence-corrected chi connectivity index (χ3v) is 20.6. The van der Waals surface area contributed by atoms with E-state index >= 15 is 0 Å². The Morgan fingerprint density at radius 1 is 0.155 bits per heavy atom. The van der Waals surface area contributed by atoms with Crippen molar-refractivity contribution < 1.29 is 37.9 Å².